The van der Waals surface area contributed by atoms with Crippen molar-refractivity contribution in [2.24, 2.45) is 17.8 Å². The van der Waals surface area contributed by atoms with Crippen molar-refractivity contribution in [1.82, 2.24) is 0 Å². The summed E-state index contributed by atoms with van der Waals surface area (Å²) in [4.78, 5) is 77.8. The molecule has 0 spiro atoms. The van der Waals surface area contributed by atoms with Gasteiger partial charge < -0.3 is 52.1 Å². The van der Waals surface area contributed by atoms with Crippen molar-refractivity contribution in [2.75, 3.05) is 67.1 Å². The molecule has 2 aromatic carbocycles. The number of esters is 5. The molecule has 1 saturated carbocycles. The molecule has 1 aliphatic carbocycles. The van der Waals surface area contributed by atoms with E-state index >= 15 is 0 Å². The first-order valence-electron chi connectivity index (χ1n) is 27.6. The molecular weight excluding hydrogens is 1030 g/mol. The van der Waals surface area contributed by atoms with Gasteiger partial charge in [0.1, 0.15) is 41.8 Å². The molecule has 3 atom stereocenters. The Morgan fingerprint density at radius 1 is 0.750 bits per heavy atom. The largest absolute Gasteiger partial charge is 0.494 e. The van der Waals surface area contributed by atoms with Crippen LogP contribution in [0.3, 0.4) is 0 Å². The molecule has 1 fully saturated rings. The maximum atomic E-state index is 13.8. The summed E-state index contributed by atoms with van der Waals surface area (Å²) in [6.07, 6.45) is 19.4. The molecular formula is C63H84O17. The van der Waals surface area contributed by atoms with Gasteiger partial charge >= 0.3 is 29.8 Å². The van der Waals surface area contributed by atoms with E-state index in [4.69, 9.17) is 52.1 Å². The third-order valence-electron chi connectivity index (χ3n) is 12.6. The molecule has 0 heterocycles. The average Bonchev–Trinajstić information content (AvgIpc) is 3.47. The number of ketones is 1. The molecule has 0 amide bonds. The molecule has 438 valence electrons. The number of benzene rings is 2. The van der Waals surface area contributed by atoms with E-state index in [0.717, 1.165) is 31.8 Å². The van der Waals surface area contributed by atoms with Gasteiger partial charge in [-0.05, 0) is 139 Å². The second-order valence-electron chi connectivity index (χ2n) is 18.9. The molecule has 17 heteroatoms. The van der Waals surface area contributed by atoms with Crippen molar-refractivity contribution in [3.05, 3.63) is 139 Å². The molecule has 80 heavy (non-hydrogen) atoms. The summed E-state index contributed by atoms with van der Waals surface area (Å²) in [5.74, 6) is -3.28. The van der Waals surface area contributed by atoms with E-state index in [1.807, 2.05) is 39.0 Å². The third-order valence-corrected chi connectivity index (χ3v) is 12.6. The zero-order valence-electron chi connectivity index (χ0n) is 47.8. The lowest BCUT2D eigenvalue weighted by Gasteiger charge is -2.27. The quantitative estimate of drug-likeness (QED) is 0.00700. The van der Waals surface area contributed by atoms with Crippen molar-refractivity contribution in [3.63, 3.8) is 0 Å². The van der Waals surface area contributed by atoms with Crippen LogP contribution in [0.2, 0.25) is 0 Å². The van der Waals surface area contributed by atoms with E-state index in [2.05, 4.69) is 19.7 Å². The van der Waals surface area contributed by atoms with Crippen molar-refractivity contribution in [1.29, 1.82) is 0 Å². The predicted molar refractivity (Wildman–Crippen MR) is 303 cm³/mol. The highest BCUT2D eigenvalue weighted by Crippen LogP contribution is 2.34. The molecule has 3 rings (SSSR count). The van der Waals surface area contributed by atoms with Gasteiger partial charge in [-0.2, -0.15) is 0 Å². The highest BCUT2D eigenvalue weighted by Gasteiger charge is 2.31. The third kappa shape index (κ3) is 25.9. The molecule has 1 aliphatic rings. The summed E-state index contributed by atoms with van der Waals surface area (Å²) in [5, 5.41) is 0. The van der Waals surface area contributed by atoms with Crippen LogP contribution in [0.25, 0.3) is 0 Å². The summed E-state index contributed by atoms with van der Waals surface area (Å²) in [7, 11) is 3.17. The van der Waals surface area contributed by atoms with Gasteiger partial charge in [0.2, 0.25) is 6.29 Å². The number of carbonyl (C=O) groups is 6. The number of allylic oxidation sites excluding steroid dienone is 4. The molecule has 0 N–H and O–H groups in total. The van der Waals surface area contributed by atoms with Gasteiger partial charge in [-0.15, -0.1) is 0 Å². The van der Waals surface area contributed by atoms with Gasteiger partial charge in [0, 0.05) is 57.7 Å². The number of methoxy groups -OCH3 is 2. The highest BCUT2D eigenvalue weighted by molar-refractivity contribution is 6.00. The van der Waals surface area contributed by atoms with E-state index in [9.17, 15) is 28.8 Å². The van der Waals surface area contributed by atoms with E-state index in [1.165, 1.54) is 37.5 Å². The Hall–Kier alpha value is -6.92. The molecule has 3 unspecified atom stereocenters. The molecule has 0 saturated heterocycles. The Morgan fingerprint density at radius 2 is 1.46 bits per heavy atom. The van der Waals surface area contributed by atoms with Crippen LogP contribution in [0.15, 0.2) is 128 Å². The highest BCUT2D eigenvalue weighted by atomic mass is 16.7. The fourth-order valence-corrected chi connectivity index (χ4v) is 7.90. The number of ether oxygens (including phenoxy) is 11. The fraction of sp³-hybridized carbons (Fsp3) is 0.492. The van der Waals surface area contributed by atoms with Crippen molar-refractivity contribution in [3.8, 4) is 17.2 Å². The Morgan fingerprint density at radius 3 is 2.15 bits per heavy atom. The maximum Gasteiger partial charge on any atom is 0.342 e. The number of Topliss-reactive ketones (excluding diaryl/α,β-unsaturated/α-hetero) is 1. The lowest BCUT2D eigenvalue weighted by atomic mass is 9.80. The minimum Gasteiger partial charge on any atom is -0.494 e. The van der Waals surface area contributed by atoms with E-state index in [1.54, 1.807) is 50.5 Å². The summed E-state index contributed by atoms with van der Waals surface area (Å²) in [6.45, 7) is 20.7. The normalized spacial score (nSPS) is 15.8. The zero-order chi connectivity index (χ0) is 58.5. The predicted octanol–water partition coefficient (Wildman–Crippen LogP) is 11.5. The van der Waals surface area contributed by atoms with Crippen molar-refractivity contribution in [2.45, 2.75) is 117 Å². The van der Waals surface area contributed by atoms with E-state index < -0.39 is 48.0 Å². The van der Waals surface area contributed by atoms with Crippen molar-refractivity contribution >= 4 is 35.6 Å². The van der Waals surface area contributed by atoms with Crippen molar-refractivity contribution < 1.29 is 80.9 Å². The Bertz CT molecular complexity index is 2410. The van der Waals surface area contributed by atoms with Crippen LogP contribution in [0, 0.1) is 17.8 Å². The number of rotatable bonds is 40. The molecule has 0 aliphatic heterocycles. The summed E-state index contributed by atoms with van der Waals surface area (Å²) in [5.41, 5.74) is 0.751. The summed E-state index contributed by atoms with van der Waals surface area (Å²) in [6, 6.07) is 10.9. The number of hydrogen-bond donors (Lipinski definition) is 0. The zero-order valence-corrected chi connectivity index (χ0v) is 47.8. The lowest BCUT2D eigenvalue weighted by Crippen LogP contribution is -2.28. The van der Waals surface area contributed by atoms with Gasteiger partial charge in [-0.3, -0.25) is 14.4 Å². The first-order chi connectivity index (χ1) is 38.7. The monoisotopic (exact) mass is 1110 g/mol. The first kappa shape index (κ1) is 67.4. The lowest BCUT2D eigenvalue weighted by molar-refractivity contribution is -0.145. The average molecular weight is 1110 g/mol. The van der Waals surface area contributed by atoms with Crippen LogP contribution in [-0.2, 0) is 57.1 Å². The standard InChI is InChI=1S/C63H84O17/c1-10-14-21-51(26-23-45(5)73-38-17-16-36-70-8)63(71-9)80-57-34-33-53(43-54(57)62(69)76-35-12-3)78-59(66)42-48-24-27-50(28-25-48)61(68)79-56(47(7)46(6)55(64)44-72-37-15-11-2)22-20-41-77-60(67)49-29-31-52(32-30-49)74-39-18-19-40-75-58(65)13-4/h10,13-14,20-23,26,29-34,43,45,48,50-51,63H,1,4,6,11-12,15-19,24-25,27-28,35-42,44H2,2-3,5,7-9H3/b21-14?,22-20-,26-23-,56-47-. The van der Waals surface area contributed by atoms with Gasteiger partial charge in [0.15, 0.2) is 5.78 Å². The van der Waals surface area contributed by atoms with Crippen LogP contribution >= 0.6 is 0 Å². The molecule has 0 radical (unpaired) electrons. The smallest absolute Gasteiger partial charge is 0.342 e. The minimum absolute atomic E-state index is 0.0465. The summed E-state index contributed by atoms with van der Waals surface area (Å²) >= 11 is 0. The van der Waals surface area contributed by atoms with Crippen LogP contribution < -0.4 is 14.2 Å². The van der Waals surface area contributed by atoms with Gasteiger partial charge in [0.25, 0.3) is 0 Å². The van der Waals surface area contributed by atoms with Crippen LogP contribution in [0.1, 0.15) is 125 Å². The van der Waals surface area contributed by atoms with Crippen LogP contribution in [0.4, 0.5) is 0 Å². The van der Waals surface area contributed by atoms with Gasteiger partial charge in [-0.25, -0.2) is 14.4 Å². The number of unbranched alkanes of at least 4 members (excludes halogenated alkanes) is 3. The van der Waals surface area contributed by atoms with E-state index in [0.29, 0.717) is 82.7 Å². The SMILES string of the molecule is C=CC=CC(/C=C\C(C)OCCCCOC)C(OC)Oc1ccc(OC(=O)CC2CCC(C(=O)OC(/C=C\COC(=O)c3ccc(OCCCCOC(=O)C=C)cc3)=C(/C)C(=C)C(=O)COCCCC)CC2)cc1C(=O)OCCC. The molecule has 2 aromatic rings. The maximum absolute atomic E-state index is 13.8. The second kappa shape index (κ2) is 39.4. The Balaban J connectivity index is 1.66. The van der Waals surface area contributed by atoms with Crippen LogP contribution in [-0.4, -0.2) is 115 Å². The number of carbonyl (C=O) groups excluding carboxylic acids is 6. The van der Waals surface area contributed by atoms with Gasteiger partial charge in [0.05, 0.1) is 43.3 Å². The topological polar surface area (TPSA) is 204 Å². The molecule has 0 aromatic heterocycles. The Kier molecular flexibility index (Phi) is 33.2. The Labute approximate surface area is 472 Å². The minimum atomic E-state index is -0.885. The molecule has 0 bridgehead atoms. The van der Waals surface area contributed by atoms with Crippen LogP contribution in [0.5, 0.6) is 17.2 Å². The fourth-order valence-electron chi connectivity index (χ4n) is 7.90. The summed E-state index contributed by atoms with van der Waals surface area (Å²) < 4.78 is 62.1. The molecule has 17 nitrogen and oxygen atoms in total. The number of hydrogen-bond acceptors (Lipinski definition) is 17. The second-order valence-corrected chi connectivity index (χ2v) is 18.9. The van der Waals surface area contributed by atoms with E-state index in [-0.39, 0.29) is 84.6 Å². The van der Waals surface area contributed by atoms with Gasteiger partial charge in [-0.1, -0.05) is 70.4 Å². The first-order valence-corrected chi connectivity index (χ1v) is 27.6.